The van der Waals surface area contributed by atoms with Crippen LogP contribution in [0.15, 0.2) is 60.7 Å². The number of rotatable bonds is 8. The van der Waals surface area contributed by atoms with Crippen LogP contribution in [0.2, 0.25) is 0 Å². The summed E-state index contributed by atoms with van der Waals surface area (Å²) in [5.74, 6) is 1.66. The molecule has 2 aromatic carbocycles. The number of ether oxygens (including phenoxy) is 2. The van der Waals surface area contributed by atoms with E-state index in [4.69, 9.17) is 9.47 Å². The van der Waals surface area contributed by atoms with E-state index in [1.807, 2.05) is 49.4 Å². The van der Waals surface area contributed by atoms with E-state index in [0.717, 1.165) is 11.3 Å². The summed E-state index contributed by atoms with van der Waals surface area (Å²) in [5.41, 5.74) is 2.09. The molecular weight excluding hydrogens is 368 g/mol. The van der Waals surface area contributed by atoms with Gasteiger partial charge in [0.2, 0.25) is 0 Å². The maximum atomic E-state index is 12.8. The molecule has 7 nitrogen and oxygen atoms in total. The van der Waals surface area contributed by atoms with Gasteiger partial charge >= 0.3 is 0 Å². The van der Waals surface area contributed by atoms with Gasteiger partial charge in [0.05, 0.1) is 19.9 Å². The Labute approximate surface area is 170 Å². The van der Waals surface area contributed by atoms with Crippen molar-refractivity contribution in [2.24, 2.45) is 0 Å². The van der Waals surface area contributed by atoms with Crippen molar-refractivity contribution in [1.29, 1.82) is 0 Å². The van der Waals surface area contributed by atoms with Crippen molar-refractivity contribution in [3.8, 4) is 11.5 Å². The topological polar surface area (TPSA) is 76.6 Å². The Morgan fingerprint density at radius 2 is 1.79 bits per heavy atom. The third-order valence-corrected chi connectivity index (χ3v) is 4.44. The lowest BCUT2D eigenvalue weighted by atomic mass is 10.2. The van der Waals surface area contributed by atoms with Crippen molar-refractivity contribution in [3.63, 3.8) is 0 Å². The van der Waals surface area contributed by atoms with E-state index in [9.17, 15) is 4.79 Å². The molecule has 1 N–H and O–H groups in total. The third-order valence-electron chi connectivity index (χ3n) is 4.44. The second kappa shape index (κ2) is 9.54. The Morgan fingerprint density at radius 3 is 2.41 bits per heavy atom. The molecule has 0 radical (unpaired) electrons. The van der Waals surface area contributed by atoms with Gasteiger partial charge in [0.15, 0.2) is 11.5 Å². The number of methoxy groups -OCH3 is 2. The molecule has 1 amide bonds. The molecule has 0 spiro atoms. The van der Waals surface area contributed by atoms with E-state index >= 15 is 0 Å². The summed E-state index contributed by atoms with van der Waals surface area (Å²) >= 11 is 0. The summed E-state index contributed by atoms with van der Waals surface area (Å²) < 4.78 is 10.6. The van der Waals surface area contributed by atoms with Crippen molar-refractivity contribution in [2.45, 2.75) is 13.5 Å². The Hall–Kier alpha value is -3.61. The number of aromatic nitrogens is 2. The molecular formula is C22H24N4O3. The fourth-order valence-corrected chi connectivity index (χ4v) is 2.85. The lowest BCUT2D eigenvalue weighted by Crippen LogP contribution is -2.31. The summed E-state index contributed by atoms with van der Waals surface area (Å²) in [6, 6.07) is 18.7. The van der Waals surface area contributed by atoms with Crippen LogP contribution in [-0.2, 0) is 6.54 Å². The minimum atomic E-state index is -0.155. The van der Waals surface area contributed by atoms with E-state index in [0.29, 0.717) is 36.1 Å². The number of hydrogen-bond acceptors (Lipinski definition) is 6. The molecule has 0 bridgehead atoms. The average Bonchev–Trinajstić information content (AvgIpc) is 2.78. The first-order valence-corrected chi connectivity index (χ1v) is 9.30. The summed E-state index contributed by atoms with van der Waals surface area (Å²) in [4.78, 5) is 14.5. The van der Waals surface area contributed by atoms with E-state index in [1.165, 1.54) is 0 Å². The molecule has 1 aromatic heterocycles. The van der Waals surface area contributed by atoms with Crippen LogP contribution in [0.5, 0.6) is 11.5 Å². The Morgan fingerprint density at radius 1 is 1.00 bits per heavy atom. The Bertz CT molecular complexity index is 946. The maximum Gasteiger partial charge on any atom is 0.274 e. The number of hydrogen-bond donors (Lipinski definition) is 1. The highest BCUT2D eigenvalue weighted by Gasteiger charge is 2.17. The van der Waals surface area contributed by atoms with Crippen LogP contribution in [0.3, 0.4) is 0 Å². The van der Waals surface area contributed by atoms with Crippen LogP contribution in [-0.4, -0.2) is 41.8 Å². The zero-order valence-corrected chi connectivity index (χ0v) is 16.8. The first kappa shape index (κ1) is 20.1. The molecule has 0 aliphatic carbocycles. The molecule has 0 saturated heterocycles. The fraction of sp³-hybridized carbons (Fsp3) is 0.227. The zero-order valence-electron chi connectivity index (χ0n) is 16.8. The fourth-order valence-electron chi connectivity index (χ4n) is 2.85. The third kappa shape index (κ3) is 5.01. The highest BCUT2D eigenvalue weighted by atomic mass is 16.5. The normalized spacial score (nSPS) is 10.3. The van der Waals surface area contributed by atoms with E-state index in [1.54, 1.807) is 37.3 Å². The number of amides is 1. The Kier molecular flexibility index (Phi) is 6.63. The van der Waals surface area contributed by atoms with E-state index in [-0.39, 0.29) is 5.91 Å². The highest BCUT2D eigenvalue weighted by Crippen LogP contribution is 2.30. The molecule has 29 heavy (non-hydrogen) atoms. The quantitative estimate of drug-likeness (QED) is 0.627. The van der Waals surface area contributed by atoms with Crippen LogP contribution in [0.4, 0.5) is 11.5 Å². The summed E-state index contributed by atoms with van der Waals surface area (Å²) in [5, 5.41) is 11.4. The van der Waals surface area contributed by atoms with Crippen molar-refractivity contribution < 1.29 is 14.3 Å². The summed E-state index contributed by atoms with van der Waals surface area (Å²) in [6.45, 7) is 3.06. The summed E-state index contributed by atoms with van der Waals surface area (Å²) in [7, 11) is 3.18. The largest absolute Gasteiger partial charge is 0.497 e. The van der Waals surface area contributed by atoms with Gasteiger partial charge in [-0.25, -0.2) is 0 Å². The molecule has 0 unspecified atom stereocenters. The lowest BCUT2D eigenvalue weighted by Gasteiger charge is -2.20. The van der Waals surface area contributed by atoms with E-state index < -0.39 is 0 Å². The smallest absolute Gasteiger partial charge is 0.274 e. The van der Waals surface area contributed by atoms with Gasteiger partial charge in [0, 0.05) is 19.2 Å². The van der Waals surface area contributed by atoms with Gasteiger partial charge in [0.1, 0.15) is 11.5 Å². The second-order valence-corrected chi connectivity index (χ2v) is 6.30. The predicted octanol–water partition coefficient (Wildman–Crippen LogP) is 3.90. The molecule has 1 heterocycles. The van der Waals surface area contributed by atoms with Gasteiger partial charge in [-0.15, -0.1) is 10.2 Å². The van der Waals surface area contributed by atoms with Gasteiger partial charge in [-0.2, -0.15) is 0 Å². The van der Waals surface area contributed by atoms with Crippen molar-refractivity contribution in [3.05, 3.63) is 71.9 Å². The van der Waals surface area contributed by atoms with Crippen molar-refractivity contribution in [2.75, 3.05) is 26.1 Å². The molecule has 7 heteroatoms. The average molecular weight is 392 g/mol. The molecule has 0 atom stereocenters. The van der Waals surface area contributed by atoms with Crippen LogP contribution < -0.4 is 14.8 Å². The minimum Gasteiger partial charge on any atom is -0.497 e. The van der Waals surface area contributed by atoms with Gasteiger partial charge in [-0.3, -0.25) is 4.79 Å². The van der Waals surface area contributed by atoms with Gasteiger partial charge in [-0.05, 0) is 36.8 Å². The second-order valence-electron chi connectivity index (χ2n) is 6.30. The van der Waals surface area contributed by atoms with E-state index in [2.05, 4.69) is 15.5 Å². The highest BCUT2D eigenvalue weighted by molar-refractivity contribution is 5.92. The monoisotopic (exact) mass is 392 g/mol. The molecule has 0 fully saturated rings. The van der Waals surface area contributed by atoms with Gasteiger partial charge < -0.3 is 19.7 Å². The first-order valence-electron chi connectivity index (χ1n) is 9.30. The number of benzene rings is 2. The van der Waals surface area contributed by atoms with Crippen molar-refractivity contribution >= 4 is 17.4 Å². The van der Waals surface area contributed by atoms with Crippen molar-refractivity contribution in [1.82, 2.24) is 15.1 Å². The zero-order chi connectivity index (χ0) is 20.6. The molecule has 3 rings (SSSR count). The molecule has 0 aliphatic heterocycles. The standard InChI is InChI=1S/C22H24N4O3/c1-4-26(15-16-8-6-5-7-9-16)22(27)19-12-13-21(25-24-19)23-18-11-10-17(28-2)14-20(18)29-3/h5-14H,4,15H2,1-3H3,(H,23,25). The van der Waals surface area contributed by atoms with Crippen LogP contribution >= 0.6 is 0 Å². The summed E-state index contributed by atoms with van der Waals surface area (Å²) in [6.07, 6.45) is 0. The number of nitrogens with zero attached hydrogens (tertiary/aromatic N) is 3. The SMILES string of the molecule is CCN(Cc1ccccc1)C(=O)c1ccc(Nc2ccc(OC)cc2OC)nn1. The number of carbonyl (C=O) groups excluding carboxylic acids is 1. The Balaban J connectivity index is 1.71. The molecule has 0 saturated carbocycles. The minimum absolute atomic E-state index is 0.155. The molecule has 3 aromatic rings. The van der Waals surface area contributed by atoms with Crippen LogP contribution in [0, 0.1) is 0 Å². The van der Waals surface area contributed by atoms with Crippen LogP contribution in [0.25, 0.3) is 0 Å². The van der Waals surface area contributed by atoms with Gasteiger partial charge in [0.25, 0.3) is 5.91 Å². The van der Waals surface area contributed by atoms with Crippen LogP contribution in [0.1, 0.15) is 23.0 Å². The number of nitrogens with one attached hydrogen (secondary N) is 1. The van der Waals surface area contributed by atoms with Gasteiger partial charge in [-0.1, -0.05) is 30.3 Å². The lowest BCUT2D eigenvalue weighted by molar-refractivity contribution is 0.0745. The molecule has 0 aliphatic rings. The molecule has 150 valence electrons. The first-order chi connectivity index (χ1) is 14.1. The predicted molar refractivity (Wildman–Crippen MR) is 112 cm³/mol. The number of carbonyl (C=O) groups is 1. The maximum absolute atomic E-state index is 12.8. The number of anilines is 2.